The predicted octanol–water partition coefficient (Wildman–Crippen LogP) is 12.5. The summed E-state index contributed by atoms with van der Waals surface area (Å²) in [6, 6.07) is 49.4. The molecule has 3 heterocycles. The lowest BCUT2D eigenvalue weighted by molar-refractivity contribution is 0.668. The van der Waals surface area contributed by atoms with Crippen molar-refractivity contribution < 1.29 is 8.83 Å². The molecule has 206 valence electrons. The molecule has 0 amide bonds. The minimum Gasteiger partial charge on any atom is -0.456 e. The molecule has 0 unspecified atom stereocenters. The van der Waals surface area contributed by atoms with Gasteiger partial charge in [0.15, 0.2) is 5.58 Å². The van der Waals surface area contributed by atoms with Crippen LogP contribution in [0.15, 0.2) is 148 Å². The van der Waals surface area contributed by atoms with Gasteiger partial charge in [-0.1, -0.05) is 91.0 Å². The molecule has 10 aromatic rings. The Morgan fingerprint density at radius 2 is 1.11 bits per heavy atom. The summed E-state index contributed by atoms with van der Waals surface area (Å²) in [4.78, 5) is 2.35. The fraction of sp³-hybridized carbons (Fsp3) is 0. The third kappa shape index (κ3) is 3.31. The van der Waals surface area contributed by atoms with Gasteiger partial charge in [-0.2, -0.15) is 0 Å². The Labute approximate surface area is 255 Å². The van der Waals surface area contributed by atoms with E-state index in [2.05, 4.69) is 132 Å². The van der Waals surface area contributed by atoms with E-state index >= 15 is 0 Å². The molecule has 10 rings (SSSR count). The zero-order chi connectivity index (χ0) is 28.8. The van der Waals surface area contributed by atoms with Gasteiger partial charge in [0.05, 0.1) is 16.8 Å². The molecule has 0 aliphatic rings. The Bertz CT molecular complexity index is 2750. The Balaban J connectivity index is 1.32. The number of thiophene rings is 1. The highest BCUT2D eigenvalue weighted by atomic mass is 32.1. The molecule has 4 heteroatoms. The van der Waals surface area contributed by atoms with Crippen molar-refractivity contribution in [1.29, 1.82) is 0 Å². The zero-order valence-corrected chi connectivity index (χ0v) is 24.3. The number of fused-ring (bicyclic) bond motifs is 11. The lowest BCUT2D eigenvalue weighted by atomic mass is 10.0. The van der Waals surface area contributed by atoms with Crippen LogP contribution in [-0.4, -0.2) is 0 Å². The normalized spacial score (nSPS) is 12.1. The maximum atomic E-state index is 6.87. The molecule has 0 atom stereocenters. The van der Waals surface area contributed by atoms with Gasteiger partial charge in [0.1, 0.15) is 16.7 Å². The molecular weight excluding hydrogens is 559 g/mol. The van der Waals surface area contributed by atoms with E-state index in [-0.39, 0.29) is 0 Å². The molecule has 0 aliphatic carbocycles. The summed E-state index contributed by atoms with van der Waals surface area (Å²) in [5.74, 6) is 0. The van der Waals surface area contributed by atoms with Crippen molar-refractivity contribution in [2.24, 2.45) is 0 Å². The first-order valence-corrected chi connectivity index (χ1v) is 15.6. The van der Waals surface area contributed by atoms with E-state index in [9.17, 15) is 0 Å². The van der Waals surface area contributed by atoms with Crippen LogP contribution < -0.4 is 4.90 Å². The summed E-state index contributed by atoms with van der Waals surface area (Å²) in [6.07, 6.45) is 0. The van der Waals surface area contributed by atoms with Crippen LogP contribution in [0.5, 0.6) is 0 Å². The number of anilines is 3. The van der Waals surface area contributed by atoms with Crippen molar-refractivity contribution in [2.45, 2.75) is 0 Å². The number of benzene rings is 7. The topological polar surface area (TPSA) is 29.5 Å². The van der Waals surface area contributed by atoms with E-state index in [1.165, 1.54) is 25.6 Å². The number of nitrogens with zero attached hydrogens (tertiary/aromatic N) is 1. The Morgan fingerprint density at radius 1 is 0.432 bits per heavy atom. The van der Waals surface area contributed by atoms with E-state index in [1.807, 2.05) is 23.5 Å². The minimum absolute atomic E-state index is 0.861. The van der Waals surface area contributed by atoms with Gasteiger partial charge < -0.3 is 13.7 Å². The fourth-order valence-corrected chi connectivity index (χ4v) is 8.03. The smallest absolute Gasteiger partial charge is 0.159 e. The second kappa shape index (κ2) is 8.96. The molecule has 3 aromatic heterocycles. The monoisotopic (exact) mass is 581 g/mol. The lowest BCUT2D eigenvalue weighted by Gasteiger charge is -2.26. The Hall–Kier alpha value is -5.58. The van der Waals surface area contributed by atoms with Crippen LogP contribution in [0.4, 0.5) is 17.1 Å². The van der Waals surface area contributed by atoms with Crippen LogP contribution in [0.3, 0.4) is 0 Å². The van der Waals surface area contributed by atoms with E-state index < -0.39 is 0 Å². The standard InChI is InChI=1S/C40H23NO2S/c1-2-10-26-24(9-1)19-21-30-29-13-7-15-33(40(29)43-39(26)30)41(25-20-22-28-27-11-4-6-18-36(27)44-37(28)23-25)32-14-8-17-35-38(32)31-12-3-5-16-34(31)42-35/h1-23H. The van der Waals surface area contributed by atoms with Crippen LogP contribution in [-0.2, 0) is 0 Å². The number of para-hydroxylation sites is 2. The van der Waals surface area contributed by atoms with Crippen LogP contribution in [0.25, 0.3) is 74.8 Å². The van der Waals surface area contributed by atoms with Crippen LogP contribution in [0.1, 0.15) is 0 Å². The van der Waals surface area contributed by atoms with Gasteiger partial charge >= 0.3 is 0 Å². The van der Waals surface area contributed by atoms with Crippen molar-refractivity contribution in [1.82, 2.24) is 0 Å². The maximum Gasteiger partial charge on any atom is 0.159 e. The van der Waals surface area contributed by atoms with Gasteiger partial charge in [0.25, 0.3) is 0 Å². The summed E-state index contributed by atoms with van der Waals surface area (Å²) in [5.41, 5.74) is 6.62. The molecule has 7 aromatic carbocycles. The summed E-state index contributed by atoms with van der Waals surface area (Å²) >= 11 is 1.83. The largest absolute Gasteiger partial charge is 0.456 e. The van der Waals surface area contributed by atoms with Gasteiger partial charge in [-0.15, -0.1) is 11.3 Å². The average Bonchev–Trinajstić information content (AvgIpc) is 3.76. The van der Waals surface area contributed by atoms with Crippen molar-refractivity contribution in [3.8, 4) is 0 Å². The summed E-state index contributed by atoms with van der Waals surface area (Å²) in [7, 11) is 0. The highest BCUT2D eigenvalue weighted by Crippen LogP contribution is 2.48. The highest BCUT2D eigenvalue weighted by molar-refractivity contribution is 7.25. The molecule has 0 saturated heterocycles. The first-order chi connectivity index (χ1) is 21.8. The van der Waals surface area contributed by atoms with E-state index in [0.29, 0.717) is 0 Å². The van der Waals surface area contributed by atoms with Gasteiger partial charge in [0.2, 0.25) is 0 Å². The van der Waals surface area contributed by atoms with Gasteiger partial charge in [-0.3, -0.25) is 0 Å². The second-order valence-corrected chi connectivity index (χ2v) is 12.4. The SMILES string of the molecule is c1ccc2c(c1)ccc1c3cccc(N(c4ccc5c(c4)sc4ccccc45)c4cccc5oc6ccccc6c45)c3oc21. The first-order valence-electron chi connectivity index (χ1n) is 14.8. The maximum absolute atomic E-state index is 6.87. The molecular formula is C40H23NO2S. The fourth-order valence-electron chi connectivity index (χ4n) is 6.89. The Morgan fingerprint density at radius 3 is 2.07 bits per heavy atom. The van der Waals surface area contributed by atoms with Crippen molar-refractivity contribution >= 4 is 103 Å². The van der Waals surface area contributed by atoms with Gasteiger partial charge in [0, 0.05) is 47.4 Å². The summed E-state index contributed by atoms with van der Waals surface area (Å²) in [6.45, 7) is 0. The highest BCUT2D eigenvalue weighted by Gasteiger charge is 2.24. The summed E-state index contributed by atoms with van der Waals surface area (Å²) in [5, 5.41) is 9.24. The second-order valence-electron chi connectivity index (χ2n) is 11.3. The molecule has 0 saturated carbocycles. The number of furan rings is 2. The molecule has 0 spiro atoms. The van der Waals surface area contributed by atoms with Crippen molar-refractivity contribution in [3.05, 3.63) is 140 Å². The molecule has 3 nitrogen and oxygen atoms in total. The van der Waals surface area contributed by atoms with Crippen LogP contribution >= 0.6 is 11.3 Å². The molecule has 0 radical (unpaired) electrons. The van der Waals surface area contributed by atoms with Gasteiger partial charge in [-0.25, -0.2) is 0 Å². The lowest BCUT2D eigenvalue weighted by Crippen LogP contribution is -2.10. The molecule has 0 aliphatic heterocycles. The van der Waals surface area contributed by atoms with E-state index in [1.54, 1.807) is 0 Å². The number of hydrogen-bond acceptors (Lipinski definition) is 4. The zero-order valence-electron chi connectivity index (χ0n) is 23.5. The number of rotatable bonds is 3. The summed E-state index contributed by atoms with van der Waals surface area (Å²) < 4.78 is 15.8. The Kier molecular flexibility index (Phi) is 4.87. The third-order valence-electron chi connectivity index (χ3n) is 8.85. The molecule has 44 heavy (non-hydrogen) atoms. The predicted molar refractivity (Wildman–Crippen MR) is 186 cm³/mol. The van der Waals surface area contributed by atoms with Gasteiger partial charge in [-0.05, 0) is 53.9 Å². The van der Waals surface area contributed by atoms with E-state index in [0.717, 1.165) is 66.3 Å². The third-order valence-corrected chi connectivity index (χ3v) is 9.98. The minimum atomic E-state index is 0.861. The van der Waals surface area contributed by atoms with Crippen molar-refractivity contribution in [2.75, 3.05) is 4.90 Å². The van der Waals surface area contributed by atoms with Crippen LogP contribution in [0, 0.1) is 0 Å². The van der Waals surface area contributed by atoms with E-state index in [4.69, 9.17) is 8.83 Å². The molecule has 0 fully saturated rings. The molecule has 0 N–H and O–H groups in total. The van der Waals surface area contributed by atoms with Crippen LogP contribution in [0.2, 0.25) is 0 Å². The first kappa shape index (κ1) is 23.9. The number of hydrogen-bond donors (Lipinski definition) is 0. The van der Waals surface area contributed by atoms with Crippen molar-refractivity contribution in [3.63, 3.8) is 0 Å². The quantitative estimate of drug-likeness (QED) is 0.208. The average molecular weight is 582 g/mol. The molecule has 0 bridgehead atoms.